The van der Waals surface area contributed by atoms with E-state index in [1.165, 1.54) is 49.4 Å². The number of ketones is 1. The molecule has 3 N–H and O–H groups in total. The molecule has 0 saturated carbocycles. The second-order valence-electron chi connectivity index (χ2n) is 5.06. The van der Waals surface area contributed by atoms with Gasteiger partial charge in [0.1, 0.15) is 5.75 Å². The van der Waals surface area contributed by atoms with E-state index in [1.807, 2.05) is 0 Å². The maximum absolute atomic E-state index is 12.7. The number of allylic oxidation sites excluding steroid dienone is 2. The van der Waals surface area contributed by atoms with Gasteiger partial charge in [-0.25, -0.2) is 4.79 Å². The van der Waals surface area contributed by atoms with E-state index in [-0.39, 0.29) is 16.9 Å². The van der Waals surface area contributed by atoms with Crippen molar-refractivity contribution in [2.75, 3.05) is 0 Å². The molecule has 1 aliphatic carbocycles. The van der Waals surface area contributed by atoms with Gasteiger partial charge in [-0.05, 0) is 24.3 Å². The number of aromatic hydroxyl groups is 1. The van der Waals surface area contributed by atoms with E-state index in [0.29, 0.717) is 0 Å². The zero-order valence-corrected chi connectivity index (χ0v) is 11.7. The number of Topliss-reactive ketones (excluding diaryl/α,β-unsaturated/α-hetero) is 1. The van der Waals surface area contributed by atoms with Gasteiger partial charge in [0.05, 0.1) is 0 Å². The lowest BCUT2D eigenvalue weighted by Crippen LogP contribution is -2.46. The molecule has 1 aromatic rings. The third-order valence-corrected chi connectivity index (χ3v) is 3.89. The summed E-state index contributed by atoms with van der Waals surface area (Å²) < 4.78 is 0. The van der Waals surface area contributed by atoms with Crippen LogP contribution >= 0.6 is 0 Å². The lowest BCUT2D eigenvalue weighted by Gasteiger charge is -2.33. The minimum Gasteiger partial charge on any atom is -0.508 e. The highest BCUT2D eigenvalue weighted by atomic mass is 16.4. The summed E-state index contributed by atoms with van der Waals surface area (Å²) in [5, 5.41) is 28.0. The van der Waals surface area contributed by atoms with Gasteiger partial charge in [-0.15, -0.1) is 0 Å². The Balaban J connectivity index is 2.55. The van der Waals surface area contributed by atoms with E-state index >= 15 is 0 Å². The van der Waals surface area contributed by atoms with Gasteiger partial charge < -0.3 is 15.3 Å². The van der Waals surface area contributed by atoms with Gasteiger partial charge >= 0.3 is 11.9 Å². The summed E-state index contributed by atoms with van der Waals surface area (Å²) in [5.41, 5.74) is -2.04. The van der Waals surface area contributed by atoms with E-state index in [4.69, 9.17) is 0 Å². The number of carboxylic acids is 2. The van der Waals surface area contributed by atoms with Crippen molar-refractivity contribution in [2.24, 2.45) is 11.3 Å². The molecule has 0 amide bonds. The molecule has 0 saturated heterocycles. The highest BCUT2D eigenvalue weighted by Gasteiger charge is 2.52. The molecular formula is C16H14O6. The molecule has 6 nitrogen and oxygen atoms in total. The first-order valence-corrected chi connectivity index (χ1v) is 6.50. The second-order valence-corrected chi connectivity index (χ2v) is 5.06. The zero-order valence-electron chi connectivity index (χ0n) is 11.7. The van der Waals surface area contributed by atoms with Crippen LogP contribution in [-0.4, -0.2) is 33.0 Å². The van der Waals surface area contributed by atoms with Crippen LogP contribution in [0.5, 0.6) is 5.75 Å². The number of carbonyl (C=O) groups excluding carboxylic acids is 1. The van der Waals surface area contributed by atoms with Gasteiger partial charge in [0.2, 0.25) is 0 Å². The summed E-state index contributed by atoms with van der Waals surface area (Å²) in [5.74, 6) is -4.49. The number of hydrogen-bond acceptors (Lipinski definition) is 4. The Morgan fingerprint density at radius 2 is 1.68 bits per heavy atom. The summed E-state index contributed by atoms with van der Waals surface area (Å²) in [6, 6.07) is 5.16. The Labute approximate surface area is 126 Å². The molecule has 0 aliphatic heterocycles. The van der Waals surface area contributed by atoms with Gasteiger partial charge in [-0.2, -0.15) is 0 Å². The number of phenolic OH excluding ortho intramolecular Hbond substituents is 1. The van der Waals surface area contributed by atoms with E-state index in [1.54, 1.807) is 0 Å². The third-order valence-electron chi connectivity index (χ3n) is 3.89. The summed E-state index contributed by atoms with van der Waals surface area (Å²) in [6.07, 6.45) is 3.77. The van der Waals surface area contributed by atoms with Crippen molar-refractivity contribution in [1.82, 2.24) is 0 Å². The SMILES string of the molecule is CC1C(C(=O)O)=CC=CC1(C(=O)O)C(=O)c1ccc(O)cc1. The lowest BCUT2D eigenvalue weighted by molar-refractivity contribution is -0.145. The quantitative estimate of drug-likeness (QED) is 0.578. The number of carbonyl (C=O) groups is 3. The molecule has 0 spiro atoms. The number of aliphatic carboxylic acids is 2. The molecule has 1 aliphatic rings. The van der Waals surface area contributed by atoms with E-state index < -0.39 is 29.1 Å². The summed E-state index contributed by atoms with van der Waals surface area (Å²) in [7, 11) is 0. The molecule has 2 unspecified atom stereocenters. The molecule has 2 atom stereocenters. The van der Waals surface area contributed by atoms with Crippen LogP contribution in [0.15, 0.2) is 48.1 Å². The Hall–Kier alpha value is -2.89. The molecule has 0 aromatic heterocycles. The first-order chi connectivity index (χ1) is 10.3. The Kier molecular flexibility index (Phi) is 3.86. The molecule has 0 bridgehead atoms. The minimum atomic E-state index is -1.99. The average Bonchev–Trinajstić information content (AvgIpc) is 2.47. The fourth-order valence-electron chi connectivity index (χ4n) is 2.57. The van der Waals surface area contributed by atoms with Crippen molar-refractivity contribution in [1.29, 1.82) is 0 Å². The van der Waals surface area contributed by atoms with Crippen LogP contribution in [0.4, 0.5) is 0 Å². The Morgan fingerprint density at radius 3 is 2.18 bits per heavy atom. The maximum atomic E-state index is 12.7. The van der Waals surface area contributed by atoms with Crippen LogP contribution < -0.4 is 0 Å². The molecular weight excluding hydrogens is 288 g/mol. The monoisotopic (exact) mass is 302 g/mol. The van der Waals surface area contributed by atoms with Crippen LogP contribution in [0.1, 0.15) is 17.3 Å². The normalized spacial score (nSPS) is 23.7. The van der Waals surface area contributed by atoms with Crippen LogP contribution in [0.3, 0.4) is 0 Å². The van der Waals surface area contributed by atoms with Gasteiger partial charge in [-0.1, -0.05) is 25.2 Å². The smallest absolute Gasteiger partial charge is 0.331 e. The standard InChI is InChI=1S/C16H14O6/c1-9-12(14(19)20)3-2-8-16(9,15(21)22)13(18)10-4-6-11(17)7-5-10/h2-9,17H,1H3,(H,19,20)(H,21,22). The van der Waals surface area contributed by atoms with Crippen LogP contribution in [0, 0.1) is 11.3 Å². The molecule has 1 aromatic carbocycles. The first kappa shape index (κ1) is 15.5. The van der Waals surface area contributed by atoms with Crippen LogP contribution in [0.2, 0.25) is 0 Å². The van der Waals surface area contributed by atoms with Gasteiger partial charge in [0.25, 0.3) is 0 Å². The van der Waals surface area contributed by atoms with Gasteiger partial charge in [0.15, 0.2) is 11.2 Å². The van der Waals surface area contributed by atoms with Crippen molar-refractivity contribution in [2.45, 2.75) is 6.92 Å². The number of phenols is 1. The largest absolute Gasteiger partial charge is 0.508 e. The van der Waals surface area contributed by atoms with Gasteiger partial charge in [-0.3, -0.25) is 9.59 Å². The van der Waals surface area contributed by atoms with E-state index in [9.17, 15) is 29.7 Å². The molecule has 114 valence electrons. The van der Waals surface area contributed by atoms with Crippen molar-refractivity contribution in [3.05, 3.63) is 53.6 Å². The zero-order chi connectivity index (χ0) is 16.5. The van der Waals surface area contributed by atoms with Crippen molar-refractivity contribution in [3.63, 3.8) is 0 Å². The van der Waals surface area contributed by atoms with E-state index in [0.717, 1.165) is 0 Å². The average molecular weight is 302 g/mol. The molecule has 0 heterocycles. The topological polar surface area (TPSA) is 112 Å². The van der Waals surface area contributed by atoms with Crippen molar-refractivity contribution < 1.29 is 29.7 Å². The molecule has 0 fully saturated rings. The number of hydrogen-bond donors (Lipinski definition) is 3. The van der Waals surface area contributed by atoms with Crippen molar-refractivity contribution in [3.8, 4) is 5.75 Å². The first-order valence-electron chi connectivity index (χ1n) is 6.50. The second kappa shape index (κ2) is 5.48. The molecule has 2 rings (SSSR count). The number of benzene rings is 1. The molecule has 22 heavy (non-hydrogen) atoms. The Morgan fingerprint density at radius 1 is 1.09 bits per heavy atom. The van der Waals surface area contributed by atoms with Crippen LogP contribution in [0.25, 0.3) is 0 Å². The third kappa shape index (κ3) is 2.28. The summed E-state index contributed by atoms with van der Waals surface area (Å²) in [4.78, 5) is 35.8. The van der Waals surface area contributed by atoms with Gasteiger partial charge in [0, 0.05) is 17.1 Å². The van der Waals surface area contributed by atoms with Crippen LogP contribution in [-0.2, 0) is 9.59 Å². The fourth-order valence-corrected chi connectivity index (χ4v) is 2.57. The van der Waals surface area contributed by atoms with Crippen molar-refractivity contribution >= 4 is 17.7 Å². The predicted molar refractivity (Wildman–Crippen MR) is 76.5 cm³/mol. The number of carboxylic acid groups (broad SMARTS) is 2. The minimum absolute atomic E-state index is 0.0562. The number of rotatable bonds is 4. The summed E-state index contributed by atoms with van der Waals surface area (Å²) in [6.45, 7) is 1.40. The lowest BCUT2D eigenvalue weighted by atomic mass is 9.66. The summed E-state index contributed by atoms with van der Waals surface area (Å²) >= 11 is 0. The van der Waals surface area contributed by atoms with E-state index in [2.05, 4.69) is 0 Å². The Bertz CT molecular complexity index is 698. The fraction of sp³-hybridized carbons (Fsp3) is 0.188. The molecule has 0 radical (unpaired) electrons. The highest BCUT2D eigenvalue weighted by Crippen LogP contribution is 2.41. The molecule has 6 heteroatoms. The predicted octanol–water partition coefficient (Wildman–Crippen LogP) is 1.86. The highest BCUT2D eigenvalue weighted by molar-refractivity contribution is 6.15. The maximum Gasteiger partial charge on any atom is 0.331 e.